The summed E-state index contributed by atoms with van der Waals surface area (Å²) in [5, 5.41) is 0. The Morgan fingerprint density at radius 2 is 1.87 bits per heavy atom. The van der Waals surface area contributed by atoms with Gasteiger partial charge in [-0.25, -0.2) is 13.1 Å². The first kappa shape index (κ1) is 17.9. The number of nitrogens with one attached hydrogen (secondary N) is 1. The predicted molar refractivity (Wildman–Crippen MR) is 88.3 cm³/mol. The van der Waals surface area contributed by atoms with Gasteiger partial charge in [-0.2, -0.15) is 0 Å². The highest BCUT2D eigenvalue weighted by Crippen LogP contribution is 2.27. The number of benzene rings is 1. The van der Waals surface area contributed by atoms with Crippen molar-refractivity contribution < 1.29 is 17.9 Å². The van der Waals surface area contributed by atoms with Gasteiger partial charge < -0.3 is 4.74 Å². The van der Waals surface area contributed by atoms with E-state index in [0.717, 1.165) is 12.8 Å². The van der Waals surface area contributed by atoms with Crippen LogP contribution in [0.1, 0.15) is 39.5 Å². The number of hydrogen-bond acceptors (Lipinski definition) is 4. The molecule has 128 valence electrons. The highest BCUT2D eigenvalue weighted by atomic mass is 32.2. The summed E-state index contributed by atoms with van der Waals surface area (Å²) in [5.41, 5.74) is 0. The molecule has 0 saturated heterocycles. The molecule has 1 aliphatic rings. The van der Waals surface area contributed by atoms with E-state index >= 15 is 0 Å². The van der Waals surface area contributed by atoms with E-state index in [-0.39, 0.29) is 16.8 Å². The second-order valence-corrected chi connectivity index (χ2v) is 8.17. The Kier molecular flexibility index (Phi) is 6.18. The molecule has 2 atom stereocenters. The van der Waals surface area contributed by atoms with Gasteiger partial charge >= 0.3 is 5.97 Å². The minimum atomic E-state index is -3.62. The lowest BCUT2D eigenvalue weighted by atomic mass is 9.85. The number of carbonyl (C=O) groups excluding carboxylic acids is 1. The van der Waals surface area contributed by atoms with Crippen LogP contribution in [0.4, 0.5) is 0 Å². The van der Waals surface area contributed by atoms with Gasteiger partial charge in [-0.1, -0.05) is 44.9 Å². The molecule has 1 aromatic rings. The molecule has 2 rings (SSSR count). The van der Waals surface area contributed by atoms with Crippen LogP contribution < -0.4 is 4.72 Å². The molecule has 23 heavy (non-hydrogen) atoms. The summed E-state index contributed by atoms with van der Waals surface area (Å²) >= 11 is 0. The molecule has 1 saturated carbocycles. The Labute approximate surface area is 138 Å². The molecule has 1 N–H and O–H groups in total. The highest BCUT2D eigenvalue weighted by Gasteiger charge is 2.35. The maximum Gasteiger partial charge on any atom is 0.310 e. The Morgan fingerprint density at radius 3 is 2.52 bits per heavy atom. The van der Waals surface area contributed by atoms with Crippen molar-refractivity contribution in [3.8, 4) is 0 Å². The fraction of sp³-hybridized carbons (Fsp3) is 0.588. The Hall–Kier alpha value is -1.40. The van der Waals surface area contributed by atoms with Crippen LogP contribution in [0.25, 0.3) is 0 Å². The van der Waals surface area contributed by atoms with Crippen LogP contribution in [-0.2, 0) is 19.6 Å². The van der Waals surface area contributed by atoms with Crippen molar-refractivity contribution in [2.24, 2.45) is 11.8 Å². The molecular weight excluding hydrogens is 314 g/mol. The molecule has 0 bridgehead atoms. The summed E-state index contributed by atoms with van der Waals surface area (Å²) < 4.78 is 33.0. The Balaban J connectivity index is 2.08. The van der Waals surface area contributed by atoms with Crippen molar-refractivity contribution in [1.29, 1.82) is 0 Å². The molecule has 5 nitrogen and oxygen atoms in total. The van der Waals surface area contributed by atoms with E-state index in [2.05, 4.69) is 4.72 Å². The number of rotatable bonds is 6. The number of ether oxygens (including phenoxy) is 1. The molecule has 0 heterocycles. The maximum atomic E-state index is 12.5. The van der Waals surface area contributed by atoms with E-state index in [1.165, 1.54) is 0 Å². The van der Waals surface area contributed by atoms with Gasteiger partial charge in [-0.05, 0) is 30.9 Å². The van der Waals surface area contributed by atoms with Crippen molar-refractivity contribution in [3.63, 3.8) is 0 Å². The summed E-state index contributed by atoms with van der Waals surface area (Å²) in [4.78, 5) is 12.5. The van der Waals surface area contributed by atoms with E-state index in [9.17, 15) is 13.2 Å². The lowest BCUT2D eigenvalue weighted by molar-refractivity contribution is -0.151. The number of esters is 1. The lowest BCUT2D eigenvalue weighted by Gasteiger charge is -2.30. The van der Waals surface area contributed by atoms with Gasteiger partial charge in [0.05, 0.1) is 17.4 Å². The van der Waals surface area contributed by atoms with Crippen LogP contribution in [0.5, 0.6) is 0 Å². The summed E-state index contributed by atoms with van der Waals surface area (Å²) in [6.45, 7) is 4.32. The second kappa shape index (κ2) is 7.93. The van der Waals surface area contributed by atoms with Gasteiger partial charge in [0, 0.05) is 6.04 Å². The van der Waals surface area contributed by atoms with Crippen molar-refractivity contribution >= 4 is 16.0 Å². The SMILES string of the molecule is CC(C)COC(=O)[C@@H]1CCCC[C@H]1NS(=O)(=O)c1ccccc1. The minimum absolute atomic E-state index is 0.222. The number of carbonyl (C=O) groups is 1. The second-order valence-electron chi connectivity index (χ2n) is 6.46. The van der Waals surface area contributed by atoms with Gasteiger partial charge in [0.2, 0.25) is 10.0 Å². The van der Waals surface area contributed by atoms with Crippen LogP contribution in [0, 0.1) is 11.8 Å². The topological polar surface area (TPSA) is 72.5 Å². The van der Waals surface area contributed by atoms with Crippen molar-refractivity contribution in [1.82, 2.24) is 4.72 Å². The fourth-order valence-corrected chi connectivity index (χ4v) is 4.11. The van der Waals surface area contributed by atoms with E-state index in [1.54, 1.807) is 30.3 Å². The molecule has 0 aromatic heterocycles. The standard InChI is InChI=1S/C17H25NO4S/c1-13(2)12-22-17(19)15-10-6-7-11-16(15)18-23(20,21)14-8-4-3-5-9-14/h3-5,8-9,13,15-16,18H,6-7,10-12H2,1-2H3/t15-,16-/m1/s1. The van der Waals surface area contributed by atoms with Gasteiger partial charge in [0.15, 0.2) is 0 Å². The van der Waals surface area contributed by atoms with Crippen molar-refractivity contribution in [2.45, 2.75) is 50.5 Å². The van der Waals surface area contributed by atoms with Gasteiger partial charge in [-0.3, -0.25) is 4.79 Å². The average molecular weight is 339 g/mol. The smallest absolute Gasteiger partial charge is 0.310 e. The van der Waals surface area contributed by atoms with Gasteiger partial charge in [0.25, 0.3) is 0 Å². The molecule has 1 aromatic carbocycles. The summed E-state index contributed by atoms with van der Waals surface area (Å²) in [6, 6.07) is 7.85. The number of hydrogen-bond donors (Lipinski definition) is 1. The summed E-state index contributed by atoms with van der Waals surface area (Å²) in [6.07, 6.45) is 3.16. The van der Waals surface area contributed by atoms with Crippen LogP contribution in [0.3, 0.4) is 0 Å². The summed E-state index contributed by atoms with van der Waals surface area (Å²) in [7, 11) is -3.62. The first-order valence-corrected chi connectivity index (χ1v) is 9.62. The van der Waals surface area contributed by atoms with E-state index < -0.39 is 22.0 Å². The third kappa shape index (κ3) is 5.04. The first-order valence-electron chi connectivity index (χ1n) is 8.14. The van der Waals surface area contributed by atoms with E-state index in [1.807, 2.05) is 13.8 Å². The zero-order valence-electron chi connectivity index (χ0n) is 13.7. The monoisotopic (exact) mass is 339 g/mol. The quantitative estimate of drug-likeness (QED) is 0.809. The molecule has 0 aliphatic heterocycles. The fourth-order valence-electron chi connectivity index (χ4n) is 2.78. The zero-order chi connectivity index (χ0) is 16.9. The average Bonchev–Trinajstić information content (AvgIpc) is 2.53. The van der Waals surface area contributed by atoms with Crippen LogP contribution in [0.2, 0.25) is 0 Å². The molecule has 0 spiro atoms. The minimum Gasteiger partial charge on any atom is -0.465 e. The van der Waals surface area contributed by atoms with Crippen LogP contribution >= 0.6 is 0 Å². The number of sulfonamides is 1. The van der Waals surface area contributed by atoms with Crippen molar-refractivity contribution in [3.05, 3.63) is 30.3 Å². The molecule has 1 fully saturated rings. The molecule has 0 amide bonds. The zero-order valence-corrected chi connectivity index (χ0v) is 14.5. The normalized spacial score (nSPS) is 22.0. The van der Waals surface area contributed by atoms with E-state index in [4.69, 9.17) is 4.74 Å². The largest absolute Gasteiger partial charge is 0.465 e. The highest BCUT2D eigenvalue weighted by molar-refractivity contribution is 7.89. The molecule has 0 radical (unpaired) electrons. The van der Waals surface area contributed by atoms with Crippen molar-refractivity contribution in [2.75, 3.05) is 6.61 Å². The lowest BCUT2D eigenvalue weighted by Crippen LogP contribution is -2.45. The van der Waals surface area contributed by atoms with Gasteiger partial charge in [-0.15, -0.1) is 0 Å². The maximum absolute atomic E-state index is 12.5. The first-order chi connectivity index (χ1) is 10.9. The van der Waals surface area contributed by atoms with Crippen LogP contribution in [0.15, 0.2) is 35.2 Å². The third-order valence-corrected chi connectivity index (χ3v) is 5.49. The Morgan fingerprint density at radius 1 is 1.22 bits per heavy atom. The Bertz CT molecular complexity index is 613. The van der Waals surface area contributed by atoms with Crippen LogP contribution in [-0.4, -0.2) is 27.0 Å². The van der Waals surface area contributed by atoms with Gasteiger partial charge in [0.1, 0.15) is 0 Å². The third-order valence-electron chi connectivity index (χ3n) is 3.99. The summed E-state index contributed by atoms with van der Waals surface area (Å²) in [5.74, 6) is -0.429. The predicted octanol–water partition coefficient (Wildman–Crippen LogP) is 2.72. The molecule has 0 unspecified atom stereocenters. The molecular formula is C17H25NO4S. The molecule has 1 aliphatic carbocycles. The molecule has 6 heteroatoms. The van der Waals surface area contributed by atoms with E-state index in [0.29, 0.717) is 19.4 Å².